The molecule has 1 amide bonds. The van der Waals surface area contributed by atoms with E-state index >= 15 is 0 Å². The van der Waals surface area contributed by atoms with Crippen LogP contribution >= 0.6 is 0 Å². The molecule has 2 saturated heterocycles. The summed E-state index contributed by atoms with van der Waals surface area (Å²) >= 11 is 0. The maximum Gasteiger partial charge on any atom is 0.262 e. The fourth-order valence-corrected chi connectivity index (χ4v) is 6.54. The molecule has 0 unspecified atom stereocenters. The number of nitriles is 1. The lowest BCUT2D eigenvalue weighted by Gasteiger charge is -2.29. The molecule has 0 bridgehead atoms. The van der Waals surface area contributed by atoms with Crippen LogP contribution in [-0.4, -0.2) is 60.8 Å². The molecule has 0 saturated carbocycles. The Morgan fingerprint density at radius 2 is 1.93 bits per heavy atom. The predicted molar refractivity (Wildman–Crippen MR) is 152 cm³/mol. The van der Waals surface area contributed by atoms with Crippen LogP contribution in [-0.2, 0) is 19.6 Å². The topological polar surface area (TPSA) is 117 Å². The van der Waals surface area contributed by atoms with Crippen LogP contribution in [0.15, 0.2) is 71.3 Å². The van der Waals surface area contributed by atoms with Crippen molar-refractivity contribution in [1.29, 1.82) is 5.26 Å². The molecular weight excluding hydrogens is 526 g/mol. The number of piperidine rings is 1. The fraction of sp³-hybridized carbons (Fsp3) is 0.367. The molecular formula is C30H33N5O4S. The summed E-state index contributed by atoms with van der Waals surface area (Å²) in [5.74, 6) is 0.0124. The molecule has 1 aromatic heterocycles. The van der Waals surface area contributed by atoms with Crippen LogP contribution in [0, 0.1) is 17.2 Å². The number of carbonyl (C=O) groups excluding carboxylic acids is 1. The minimum Gasteiger partial charge on any atom is -0.376 e. The van der Waals surface area contributed by atoms with Crippen molar-refractivity contribution in [2.45, 2.75) is 43.6 Å². The number of carbonyl (C=O) groups is 1. The number of para-hydroxylation sites is 1. The van der Waals surface area contributed by atoms with Gasteiger partial charge in [-0.3, -0.25) is 4.79 Å². The van der Waals surface area contributed by atoms with E-state index in [1.165, 1.54) is 6.08 Å². The summed E-state index contributed by atoms with van der Waals surface area (Å²) in [6.07, 6.45) is 6.68. The Bertz CT molecular complexity index is 1530. The van der Waals surface area contributed by atoms with Crippen LogP contribution < -0.4 is 5.32 Å². The van der Waals surface area contributed by atoms with Crippen molar-refractivity contribution in [3.63, 3.8) is 0 Å². The molecule has 9 nitrogen and oxygen atoms in total. The summed E-state index contributed by atoms with van der Waals surface area (Å²) in [4.78, 5) is 13.1. The first kappa shape index (κ1) is 27.8. The maximum atomic E-state index is 13.5. The number of amides is 1. The SMILES string of the molecule is CC1CCN(S(=O)(=O)c2cccc(-c3nn(-c4ccccc4)cc3/C=C(\C#N)C(=O)NC[C@@H]3CCCO3)c2)CC1. The Morgan fingerprint density at radius 1 is 1.15 bits per heavy atom. The Balaban J connectivity index is 1.50. The summed E-state index contributed by atoms with van der Waals surface area (Å²) in [5.41, 5.74) is 2.28. The molecule has 2 aliphatic rings. The number of ether oxygens (including phenoxy) is 1. The first-order valence-electron chi connectivity index (χ1n) is 13.6. The van der Waals surface area contributed by atoms with Gasteiger partial charge in [-0.1, -0.05) is 37.3 Å². The highest BCUT2D eigenvalue weighted by molar-refractivity contribution is 7.89. The molecule has 208 valence electrons. The van der Waals surface area contributed by atoms with Gasteiger partial charge < -0.3 is 10.1 Å². The monoisotopic (exact) mass is 559 g/mol. The zero-order chi connectivity index (χ0) is 28.1. The minimum atomic E-state index is -3.68. The predicted octanol–water partition coefficient (Wildman–Crippen LogP) is 4.16. The molecule has 1 N–H and O–H groups in total. The Kier molecular flexibility index (Phi) is 8.45. The van der Waals surface area contributed by atoms with Crippen LogP contribution in [0.5, 0.6) is 0 Å². The lowest BCUT2D eigenvalue weighted by Crippen LogP contribution is -2.37. The second kappa shape index (κ2) is 12.2. The number of benzene rings is 2. The average Bonchev–Trinajstić information content (AvgIpc) is 3.66. The van der Waals surface area contributed by atoms with Crippen molar-refractivity contribution in [3.8, 4) is 23.0 Å². The van der Waals surface area contributed by atoms with E-state index in [-0.39, 0.29) is 16.6 Å². The van der Waals surface area contributed by atoms with Crippen molar-refractivity contribution >= 4 is 22.0 Å². The average molecular weight is 560 g/mol. The van der Waals surface area contributed by atoms with Crippen LogP contribution in [0.25, 0.3) is 23.0 Å². The molecule has 40 heavy (non-hydrogen) atoms. The largest absolute Gasteiger partial charge is 0.376 e. The third-order valence-corrected chi connectivity index (χ3v) is 9.32. The highest BCUT2D eigenvalue weighted by Gasteiger charge is 2.28. The summed E-state index contributed by atoms with van der Waals surface area (Å²) in [5, 5.41) is 17.4. The fourth-order valence-electron chi connectivity index (χ4n) is 5.02. The Morgan fingerprint density at radius 3 is 2.62 bits per heavy atom. The first-order valence-corrected chi connectivity index (χ1v) is 15.1. The molecule has 2 fully saturated rings. The van der Waals surface area contributed by atoms with Gasteiger partial charge in [0.25, 0.3) is 5.91 Å². The normalized spacial score (nSPS) is 18.9. The number of rotatable bonds is 8. The van der Waals surface area contributed by atoms with Crippen LogP contribution in [0.4, 0.5) is 0 Å². The number of nitrogens with one attached hydrogen (secondary N) is 1. The molecule has 1 atom stereocenters. The van der Waals surface area contributed by atoms with Crippen molar-refractivity contribution < 1.29 is 17.9 Å². The first-order chi connectivity index (χ1) is 19.3. The minimum absolute atomic E-state index is 0.0481. The van der Waals surface area contributed by atoms with Gasteiger partial charge in [-0.2, -0.15) is 14.7 Å². The van der Waals surface area contributed by atoms with E-state index in [4.69, 9.17) is 9.84 Å². The van der Waals surface area contributed by atoms with E-state index in [1.54, 1.807) is 39.4 Å². The molecule has 10 heteroatoms. The zero-order valence-corrected chi connectivity index (χ0v) is 23.3. The van der Waals surface area contributed by atoms with E-state index in [9.17, 15) is 18.5 Å². The molecule has 0 aliphatic carbocycles. The second-order valence-electron chi connectivity index (χ2n) is 10.3. The number of aromatic nitrogens is 2. The van der Waals surface area contributed by atoms with Crippen LogP contribution in [0.3, 0.4) is 0 Å². The Labute approximate surface area is 235 Å². The van der Waals surface area contributed by atoms with Crippen molar-refractivity contribution in [2.75, 3.05) is 26.2 Å². The van der Waals surface area contributed by atoms with E-state index in [0.717, 1.165) is 31.4 Å². The van der Waals surface area contributed by atoms with Gasteiger partial charge >= 0.3 is 0 Å². The van der Waals surface area contributed by atoms with Crippen molar-refractivity contribution in [1.82, 2.24) is 19.4 Å². The molecule has 0 radical (unpaired) electrons. The van der Waals surface area contributed by atoms with Gasteiger partial charge in [0.05, 0.1) is 16.7 Å². The lowest BCUT2D eigenvalue weighted by molar-refractivity contribution is -0.117. The van der Waals surface area contributed by atoms with E-state index in [1.807, 2.05) is 36.4 Å². The summed E-state index contributed by atoms with van der Waals surface area (Å²) in [6.45, 7) is 4.15. The molecule has 3 aromatic rings. The number of nitrogens with zero attached hydrogens (tertiary/aromatic N) is 4. The lowest BCUT2D eigenvalue weighted by atomic mass is 10.0. The van der Waals surface area contributed by atoms with Crippen molar-refractivity contribution in [3.05, 3.63) is 71.9 Å². The van der Waals surface area contributed by atoms with Gasteiger partial charge in [-0.15, -0.1) is 0 Å². The maximum absolute atomic E-state index is 13.5. The highest BCUT2D eigenvalue weighted by Crippen LogP contribution is 2.30. The van der Waals surface area contributed by atoms with Crippen LogP contribution in [0.1, 0.15) is 38.2 Å². The van der Waals surface area contributed by atoms with E-state index in [0.29, 0.717) is 49.0 Å². The van der Waals surface area contributed by atoms with Gasteiger partial charge in [0.15, 0.2) is 0 Å². The van der Waals surface area contributed by atoms with E-state index < -0.39 is 15.9 Å². The van der Waals surface area contributed by atoms with Gasteiger partial charge in [0.2, 0.25) is 10.0 Å². The quantitative estimate of drug-likeness (QED) is 0.327. The third-order valence-electron chi connectivity index (χ3n) is 7.43. The molecule has 2 aromatic carbocycles. The highest BCUT2D eigenvalue weighted by atomic mass is 32.2. The van der Waals surface area contributed by atoms with Gasteiger partial charge in [-0.25, -0.2) is 13.1 Å². The molecule has 5 rings (SSSR count). The summed E-state index contributed by atoms with van der Waals surface area (Å²) < 4.78 is 35.7. The molecule has 3 heterocycles. The number of sulfonamides is 1. The summed E-state index contributed by atoms with van der Waals surface area (Å²) in [7, 11) is -3.68. The second-order valence-corrected chi connectivity index (χ2v) is 12.3. The van der Waals surface area contributed by atoms with Crippen LogP contribution in [0.2, 0.25) is 0 Å². The summed E-state index contributed by atoms with van der Waals surface area (Å²) in [6, 6.07) is 18.2. The Hall–Kier alpha value is -3.78. The number of hydrogen-bond acceptors (Lipinski definition) is 6. The number of hydrogen-bond donors (Lipinski definition) is 1. The van der Waals surface area contributed by atoms with Gasteiger partial charge in [0, 0.05) is 43.6 Å². The van der Waals surface area contributed by atoms with Gasteiger partial charge in [0.1, 0.15) is 17.3 Å². The standard InChI is InChI=1S/C30H33N5O4S/c1-22-12-14-34(15-13-22)40(37,38)28-11-5-7-23(18-28)29-25(21-35(33-29)26-8-3-2-4-9-26)17-24(19-31)30(36)32-20-27-10-6-16-39-27/h2-5,7-9,11,17-18,21-22,27H,6,10,12-16,20H2,1H3,(H,32,36)/b24-17+/t27-/m0/s1. The zero-order valence-electron chi connectivity index (χ0n) is 22.5. The molecule has 2 aliphatic heterocycles. The smallest absolute Gasteiger partial charge is 0.262 e. The van der Waals surface area contributed by atoms with Crippen molar-refractivity contribution in [2.24, 2.45) is 5.92 Å². The van der Waals surface area contributed by atoms with E-state index in [2.05, 4.69) is 12.2 Å². The third kappa shape index (κ3) is 6.17. The molecule has 0 spiro atoms. The van der Waals surface area contributed by atoms with Gasteiger partial charge in [-0.05, 0) is 61.9 Å².